The number of nitrogens with zero attached hydrogens (tertiary/aromatic N) is 5. The number of nitrogens with one attached hydrogen (secondary N) is 2. The number of ether oxygens (including phenoxy) is 1. The maximum absolute atomic E-state index is 13.2. The summed E-state index contributed by atoms with van der Waals surface area (Å²) in [6, 6.07) is 13.2. The Kier molecular flexibility index (Phi) is 9.33. The molecule has 1 aromatic heterocycles. The highest BCUT2D eigenvalue weighted by molar-refractivity contribution is 5.94. The first-order valence-electron chi connectivity index (χ1n) is 17.6. The van der Waals surface area contributed by atoms with E-state index in [1.54, 1.807) is 0 Å². The zero-order chi connectivity index (χ0) is 31.6. The Hall–Kier alpha value is -3.40. The number of aromatic nitrogens is 1. The Morgan fingerprint density at radius 3 is 2.33 bits per heavy atom. The highest BCUT2D eigenvalue weighted by atomic mass is 16.5. The molecule has 1 atom stereocenters. The molecule has 3 aliphatic heterocycles. The average Bonchev–Trinajstić information content (AvgIpc) is 3.91. The van der Waals surface area contributed by atoms with Gasteiger partial charge in [0, 0.05) is 87.2 Å². The van der Waals surface area contributed by atoms with Crippen molar-refractivity contribution in [2.75, 3.05) is 61.1 Å². The van der Waals surface area contributed by atoms with Crippen molar-refractivity contribution in [3.63, 3.8) is 0 Å². The number of carbonyl (C=O) groups is 1. The summed E-state index contributed by atoms with van der Waals surface area (Å²) in [5.41, 5.74) is 3.57. The molecule has 246 valence electrons. The molecular weight excluding hydrogens is 574 g/mol. The molecule has 1 amide bonds. The summed E-state index contributed by atoms with van der Waals surface area (Å²) in [4.78, 5) is 28.1. The van der Waals surface area contributed by atoms with E-state index in [9.17, 15) is 4.79 Å². The molecule has 2 saturated heterocycles. The number of benzene rings is 1. The molecule has 2 saturated carbocycles. The van der Waals surface area contributed by atoms with Gasteiger partial charge in [-0.25, -0.2) is 4.98 Å². The lowest BCUT2D eigenvalue weighted by Crippen LogP contribution is -2.52. The van der Waals surface area contributed by atoms with Crippen LogP contribution in [0.25, 0.3) is 0 Å². The lowest BCUT2D eigenvalue weighted by Gasteiger charge is -2.47. The third kappa shape index (κ3) is 6.82. The lowest BCUT2D eigenvalue weighted by atomic mass is 9.89. The third-order valence-electron chi connectivity index (χ3n) is 10.9. The van der Waals surface area contributed by atoms with Crippen molar-refractivity contribution >= 4 is 28.9 Å². The molecule has 0 bridgehead atoms. The van der Waals surface area contributed by atoms with Gasteiger partial charge in [-0.05, 0) is 101 Å². The van der Waals surface area contributed by atoms with Crippen LogP contribution in [-0.2, 0) is 4.74 Å². The van der Waals surface area contributed by atoms with Crippen LogP contribution < -0.4 is 20.4 Å². The first-order chi connectivity index (χ1) is 22.5. The normalized spacial score (nSPS) is 26.5. The van der Waals surface area contributed by atoms with Crippen LogP contribution in [0.4, 0.5) is 23.0 Å². The molecule has 9 nitrogen and oxygen atoms in total. The van der Waals surface area contributed by atoms with E-state index in [2.05, 4.69) is 51.5 Å². The summed E-state index contributed by atoms with van der Waals surface area (Å²) < 4.78 is 5.65. The minimum absolute atomic E-state index is 0.0152. The van der Waals surface area contributed by atoms with Crippen molar-refractivity contribution in [1.82, 2.24) is 20.1 Å². The number of rotatable bonds is 9. The molecular formula is C37H51N7O2. The molecule has 9 heteroatoms. The molecule has 2 aromatic rings. The Bertz CT molecular complexity index is 1390. The minimum Gasteiger partial charge on any atom is -0.381 e. The average molecular weight is 626 g/mol. The second kappa shape index (κ2) is 13.8. The van der Waals surface area contributed by atoms with Crippen LogP contribution in [0.2, 0.25) is 0 Å². The molecule has 1 unspecified atom stereocenters. The summed E-state index contributed by atoms with van der Waals surface area (Å²) in [5.74, 6) is 2.69. The van der Waals surface area contributed by atoms with Gasteiger partial charge in [0.25, 0.3) is 5.91 Å². The fourth-order valence-corrected chi connectivity index (χ4v) is 7.94. The smallest absolute Gasteiger partial charge is 0.251 e. The third-order valence-corrected chi connectivity index (χ3v) is 10.9. The molecule has 4 fully saturated rings. The number of amides is 1. The topological polar surface area (TPSA) is 76.2 Å². The van der Waals surface area contributed by atoms with E-state index in [0.29, 0.717) is 17.6 Å². The minimum atomic E-state index is 0.0152. The van der Waals surface area contributed by atoms with E-state index < -0.39 is 0 Å². The van der Waals surface area contributed by atoms with Gasteiger partial charge in [-0.2, -0.15) is 0 Å². The number of fused-ring (bicyclic) bond motifs is 1. The van der Waals surface area contributed by atoms with Gasteiger partial charge in [-0.15, -0.1) is 0 Å². The number of carbonyl (C=O) groups excluding carboxylic acids is 1. The zero-order valence-electron chi connectivity index (χ0n) is 27.5. The lowest BCUT2D eigenvalue weighted by molar-refractivity contribution is 0.0694. The second-order valence-corrected chi connectivity index (χ2v) is 14.0. The molecule has 7 rings (SSSR count). The number of anilines is 4. The fraction of sp³-hybridized carbons (Fsp3) is 0.568. The molecule has 4 heterocycles. The van der Waals surface area contributed by atoms with Crippen LogP contribution in [0, 0.1) is 5.92 Å². The van der Waals surface area contributed by atoms with E-state index in [0.717, 1.165) is 73.5 Å². The van der Waals surface area contributed by atoms with Gasteiger partial charge in [0.2, 0.25) is 0 Å². The number of pyridine rings is 1. The van der Waals surface area contributed by atoms with E-state index in [1.165, 1.54) is 58.4 Å². The monoisotopic (exact) mass is 625 g/mol. The van der Waals surface area contributed by atoms with Crippen molar-refractivity contribution in [2.24, 2.45) is 5.92 Å². The Morgan fingerprint density at radius 1 is 0.935 bits per heavy atom. The first kappa shape index (κ1) is 31.2. The molecule has 5 aliphatic rings. The summed E-state index contributed by atoms with van der Waals surface area (Å²) in [6.45, 7) is 18.3. The first-order valence-corrected chi connectivity index (χ1v) is 17.6. The van der Waals surface area contributed by atoms with Crippen LogP contribution in [-0.4, -0.2) is 90.8 Å². The predicted octanol–water partition coefficient (Wildman–Crippen LogP) is 5.74. The van der Waals surface area contributed by atoms with Crippen molar-refractivity contribution in [3.05, 3.63) is 67.0 Å². The van der Waals surface area contributed by atoms with Crippen LogP contribution in [0.15, 0.2) is 61.5 Å². The Morgan fingerprint density at radius 2 is 1.65 bits per heavy atom. The van der Waals surface area contributed by atoms with Crippen molar-refractivity contribution < 1.29 is 9.53 Å². The second-order valence-electron chi connectivity index (χ2n) is 14.0. The number of hydrogen-bond donors (Lipinski definition) is 2. The van der Waals surface area contributed by atoms with E-state index in [4.69, 9.17) is 9.72 Å². The van der Waals surface area contributed by atoms with Crippen LogP contribution in [0.1, 0.15) is 68.6 Å². The fourth-order valence-electron chi connectivity index (χ4n) is 7.94. The van der Waals surface area contributed by atoms with Gasteiger partial charge >= 0.3 is 0 Å². The van der Waals surface area contributed by atoms with Crippen molar-refractivity contribution in [1.29, 1.82) is 0 Å². The van der Waals surface area contributed by atoms with Crippen LogP contribution in [0.5, 0.6) is 0 Å². The van der Waals surface area contributed by atoms with Gasteiger partial charge < -0.3 is 30.1 Å². The van der Waals surface area contributed by atoms with Crippen molar-refractivity contribution in [3.8, 4) is 0 Å². The SMILES string of the molecule is C=CN1C(=C)C(C)N(C2CCOCC2)c2nc(Nc3ccc(C(=O)NC4CCC(N5CCN(CC6CC6)CC5)CC4)cc3)ccc21. The van der Waals surface area contributed by atoms with Crippen molar-refractivity contribution in [2.45, 2.75) is 82.5 Å². The summed E-state index contributed by atoms with van der Waals surface area (Å²) in [5, 5.41) is 6.78. The summed E-state index contributed by atoms with van der Waals surface area (Å²) >= 11 is 0. The maximum Gasteiger partial charge on any atom is 0.251 e. The Labute approximate surface area is 274 Å². The van der Waals surface area contributed by atoms with E-state index >= 15 is 0 Å². The van der Waals surface area contributed by atoms with E-state index in [-0.39, 0.29) is 18.0 Å². The molecule has 1 aromatic carbocycles. The van der Waals surface area contributed by atoms with E-state index in [1.807, 2.05) is 41.4 Å². The highest BCUT2D eigenvalue weighted by Gasteiger charge is 2.37. The van der Waals surface area contributed by atoms with Gasteiger partial charge in [-0.1, -0.05) is 13.2 Å². The molecule has 2 aliphatic carbocycles. The van der Waals surface area contributed by atoms with Gasteiger partial charge in [-0.3, -0.25) is 9.69 Å². The number of hydrogen-bond acceptors (Lipinski definition) is 8. The van der Waals surface area contributed by atoms with Crippen LogP contribution in [0.3, 0.4) is 0 Å². The maximum atomic E-state index is 13.2. The zero-order valence-corrected chi connectivity index (χ0v) is 27.5. The summed E-state index contributed by atoms with van der Waals surface area (Å²) in [7, 11) is 0. The van der Waals surface area contributed by atoms with Gasteiger partial charge in [0.15, 0.2) is 5.82 Å². The highest BCUT2D eigenvalue weighted by Crippen LogP contribution is 2.42. The standard InChI is InChI=1S/C37H51N7O2/c1-4-43-26(2)27(3)44(33-17-23-46-24-18-33)36-34(43)15-16-35(40-36)38-30-9-7-29(8-10-30)37(45)39-31-11-13-32(14-12-31)42-21-19-41(20-22-42)25-28-5-6-28/h4,7-10,15-16,27-28,31-33H,1-2,5-6,11-14,17-25H2,3H3,(H,38,40)(H,39,45). The molecule has 0 spiro atoms. The van der Waals surface area contributed by atoms with Gasteiger partial charge in [0.1, 0.15) is 5.82 Å². The summed E-state index contributed by atoms with van der Waals surface area (Å²) in [6.07, 6.45) is 11.1. The number of piperazine rings is 1. The van der Waals surface area contributed by atoms with Gasteiger partial charge in [0.05, 0.1) is 11.7 Å². The molecule has 46 heavy (non-hydrogen) atoms. The Balaban J connectivity index is 0.936. The largest absolute Gasteiger partial charge is 0.381 e. The quantitative estimate of drug-likeness (QED) is 0.365. The molecule has 0 radical (unpaired) electrons. The molecule has 2 N–H and O–H groups in total. The van der Waals surface area contributed by atoms with Crippen LogP contribution >= 0.6 is 0 Å². The predicted molar refractivity (Wildman–Crippen MR) is 186 cm³/mol.